The second-order valence-corrected chi connectivity index (χ2v) is 8.58. The number of benzene rings is 1. The van der Waals surface area contributed by atoms with Crippen molar-refractivity contribution in [3.8, 4) is 34.0 Å². The standard InChI is InChI=1S/C27H21FN8O/c1-2-4-22(37)31-18-12-16(13-29-14-18)19-7-8-21-25(32-19)26(36-35-21)27-33-20-9-10-30-23(24(20)34-27)15-5-3-6-17(28)11-15/h3,5-14H,2,4H2,1H3,(H,31,37)(H,33,34)(H,35,36). The van der Waals surface area contributed by atoms with E-state index in [1.165, 1.54) is 12.1 Å². The van der Waals surface area contributed by atoms with Crippen molar-refractivity contribution in [1.29, 1.82) is 0 Å². The molecule has 0 atom stereocenters. The lowest BCUT2D eigenvalue weighted by Crippen LogP contribution is -2.10. The van der Waals surface area contributed by atoms with Gasteiger partial charge in [-0.15, -0.1) is 0 Å². The highest BCUT2D eigenvalue weighted by Crippen LogP contribution is 2.31. The summed E-state index contributed by atoms with van der Waals surface area (Å²) in [7, 11) is 0. The molecule has 0 saturated carbocycles. The Bertz CT molecular complexity index is 1770. The lowest BCUT2D eigenvalue weighted by molar-refractivity contribution is -0.116. The van der Waals surface area contributed by atoms with Crippen LogP contribution in [0.5, 0.6) is 0 Å². The molecule has 0 aliphatic carbocycles. The van der Waals surface area contributed by atoms with Crippen molar-refractivity contribution in [2.75, 3.05) is 5.32 Å². The fourth-order valence-electron chi connectivity index (χ4n) is 4.22. The van der Waals surface area contributed by atoms with Crippen molar-refractivity contribution >= 4 is 33.7 Å². The molecule has 37 heavy (non-hydrogen) atoms. The average Bonchev–Trinajstić information content (AvgIpc) is 3.52. The van der Waals surface area contributed by atoms with Crippen LogP contribution in [0.1, 0.15) is 19.8 Å². The third-order valence-electron chi connectivity index (χ3n) is 5.93. The van der Waals surface area contributed by atoms with Crippen LogP contribution < -0.4 is 5.32 Å². The molecule has 1 amide bonds. The van der Waals surface area contributed by atoms with Crippen LogP contribution >= 0.6 is 0 Å². The van der Waals surface area contributed by atoms with Gasteiger partial charge in [-0.05, 0) is 42.8 Å². The number of nitrogens with zero attached hydrogens (tertiary/aromatic N) is 5. The third kappa shape index (κ3) is 4.29. The lowest BCUT2D eigenvalue weighted by Gasteiger charge is -2.06. The Kier molecular flexibility index (Phi) is 5.61. The number of carbonyl (C=O) groups is 1. The van der Waals surface area contributed by atoms with Crippen LogP contribution in [-0.2, 0) is 4.79 Å². The van der Waals surface area contributed by atoms with E-state index in [2.05, 4.69) is 30.5 Å². The molecule has 5 heterocycles. The molecule has 0 fully saturated rings. The number of fused-ring (bicyclic) bond motifs is 2. The Balaban J connectivity index is 1.40. The summed E-state index contributed by atoms with van der Waals surface area (Å²) in [6.07, 6.45) is 6.17. The summed E-state index contributed by atoms with van der Waals surface area (Å²) in [5, 5.41) is 10.3. The number of halogens is 1. The summed E-state index contributed by atoms with van der Waals surface area (Å²) in [6, 6.07) is 13.7. The third-order valence-corrected chi connectivity index (χ3v) is 5.93. The summed E-state index contributed by atoms with van der Waals surface area (Å²) >= 11 is 0. The Labute approximate surface area is 210 Å². The fourth-order valence-corrected chi connectivity index (χ4v) is 4.22. The monoisotopic (exact) mass is 492 g/mol. The van der Waals surface area contributed by atoms with Crippen molar-refractivity contribution in [2.45, 2.75) is 19.8 Å². The Hall–Kier alpha value is -4.99. The molecule has 0 radical (unpaired) electrons. The van der Waals surface area contributed by atoms with Crippen LogP contribution in [0.2, 0.25) is 0 Å². The van der Waals surface area contributed by atoms with Crippen molar-refractivity contribution in [3.63, 3.8) is 0 Å². The zero-order chi connectivity index (χ0) is 25.4. The van der Waals surface area contributed by atoms with E-state index in [9.17, 15) is 9.18 Å². The summed E-state index contributed by atoms with van der Waals surface area (Å²) in [6.45, 7) is 1.96. The molecule has 6 aromatic rings. The number of pyridine rings is 3. The normalized spacial score (nSPS) is 11.3. The summed E-state index contributed by atoms with van der Waals surface area (Å²) in [5.41, 5.74) is 6.50. The number of aromatic amines is 2. The highest BCUT2D eigenvalue weighted by Gasteiger charge is 2.18. The number of aromatic nitrogens is 7. The number of hydrogen-bond donors (Lipinski definition) is 3. The number of nitrogens with one attached hydrogen (secondary N) is 3. The zero-order valence-corrected chi connectivity index (χ0v) is 19.8. The number of anilines is 1. The molecule has 0 bridgehead atoms. The topological polar surface area (TPSA) is 125 Å². The van der Waals surface area contributed by atoms with Gasteiger partial charge < -0.3 is 10.3 Å². The Morgan fingerprint density at radius 3 is 2.73 bits per heavy atom. The minimum atomic E-state index is -0.342. The van der Waals surface area contributed by atoms with E-state index >= 15 is 0 Å². The van der Waals surface area contributed by atoms with Gasteiger partial charge in [0, 0.05) is 29.9 Å². The molecule has 9 nitrogen and oxygen atoms in total. The van der Waals surface area contributed by atoms with E-state index in [1.807, 2.05) is 31.2 Å². The van der Waals surface area contributed by atoms with E-state index in [-0.39, 0.29) is 11.7 Å². The average molecular weight is 493 g/mol. The van der Waals surface area contributed by atoms with Gasteiger partial charge in [-0.2, -0.15) is 5.10 Å². The highest BCUT2D eigenvalue weighted by molar-refractivity contribution is 5.95. The fraction of sp³-hybridized carbons (Fsp3) is 0.111. The minimum Gasteiger partial charge on any atom is -0.336 e. The number of rotatable bonds is 6. The lowest BCUT2D eigenvalue weighted by atomic mass is 10.1. The predicted molar refractivity (Wildman–Crippen MR) is 139 cm³/mol. The molecule has 1 aromatic carbocycles. The van der Waals surface area contributed by atoms with Crippen molar-refractivity contribution in [2.24, 2.45) is 0 Å². The van der Waals surface area contributed by atoms with Crippen LogP contribution in [0.25, 0.3) is 56.1 Å². The molecule has 3 N–H and O–H groups in total. The largest absolute Gasteiger partial charge is 0.336 e. The van der Waals surface area contributed by atoms with Crippen LogP contribution in [-0.4, -0.2) is 41.0 Å². The molecule has 0 saturated heterocycles. The van der Waals surface area contributed by atoms with Crippen molar-refractivity contribution < 1.29 is 9.18 Å². The van der Waals surface area contributed by atoms with E-state index in [4.69, 9.17) is 9.97 Å². The van der Waals surface area contributed by atoms with Gasteiger partial charge >= 0.3 is 0 Å². The first-order valence-corrected chi connectivity index (χ1v) is 11.8. The molecule has 0 unspecified atom stereocenters. The number of H-pyrrole nitrogens is 2. The Morgan fingerprint density at radius 2 is 1.86 bits per heavy atom. The quantitative estimate of drug-likeness (QED) is 0.282. The van der Waals surface area contributed by atoms with Gasteiger partial charge in [0.25, 0.3) is 0 Å². The smallest absolute Gasteiger partial charge is 0.224 e. The number of hydrogen-bond acceptors (Lipinski definition) is 6. The Morgan fingerprint density at radius 1 is 0.973 bits per heavy atom. The molecule has 5 aromatic heterocycles. The van der Waals surface area contributed by atoms with Gasteiger partial charge in [-0.1, -0.05) is 19.1 Å². The molecular formula is C27H21FN8O. The second-order valence-electron chi connectivity index (χ2n) is 8.58. The van der Waals surface area contributed by atoms with E-state index < -0.39 is 0 Å². The molecular weight excluding hydrogens is 471 g/mol. The number of amides is 1. The maximum Gasteiger partial charge on any atom is 0.224 e. The summed E-state index contributed by atoms with van der Waals surface area (Å²) in [5.74, 6) is 0.111. The van der Waals surface area contributed by atoms with E-state index in [1.54, 1.807) is 30.7 Å². The van der Waals surface area contributed by atoms with Gasteiger partial charge in [0.2, 0.25) is 5.91 Å². The van der Waals surface area contributed by atoms with Gasteiger partial charge in [0.05, 0.1) is 34.3 Å². The minimum absolute atomic E-state index is 0.0565. The molecule has 10 heteroatoms. The van der Waals surface area contributed by atoms with Crippen molar-refractivity contribution in [3.05, 3.63) is 72.9 Å². The van der Waals surface area contributed by atoms with E-state index in [0.29, 0.717) is 51.6 Å². The highest BCUT2D eigenvalue weighted by atomic mass is 19.1. The molecule has 182 valence electrons. The first-order valence-electron chi connectivity index (χ1n) is 11.8. The number of imidazole rings is 1. The van der Waals surface area contributed by atoms with E-state index in [0.717, 1.165) is 23.0 Å². The first kappa shape index (κ1) is 22.5. The zero-order valence-electron chi connectivity index (χ0n) is 19.8. The first-order chi connectivity index (χ1) is 18.1. The predicted octanol–water partition coefficient (Wildman–Crippen LogP) is 5.50. The van der Waals surface area contributed by atoms with Crippen LogP contribution in [0.15, 0.2) is 67.1 Å². The SMILES string of the molecule is CCCC(=O)Nc1cncc(-c2ccc3[nH]nc(-c4nc5c(-c6cccc(F)c6)nccc5[nH]4)c3n2)c1. The van der Waals surface area contributed by atoms with Crippen LogP contribution in [0.3, 0.4) is 0 Å². The van der Waals surface area contributed by atoms with Gasteiger partial charge in [0.1, 0.15) is 16.9 Å². The van der Waals surface area contributed by atoms with Crippen molar-refractivity contribution in [1.82, 2.24) is 35.1 Å². The van der Waals surface area contributed by atoms with Crippen LogP contribution in [0, 0.1) is 5.82 Å². The molecule has 0 spiro atoms. The number of carbonyl (C=O) groups excluding carboxylic acids is 1. The van der Waals surface area contributed by atoms with Crippen LogP contribution in [0.4, 0.5) is 10.1 Å². The van der Waals surface area contributed by atoms with Gasteiger partial charge in [-0.25, -0.2) is 14.4 Å². The van der Waals surface area contributed by atoms with Gasteiger partial charge in [0.15, 0.2) is 11.5 Å². The maximum atomic E-state index is 13.9. The molecule has 0 aliphatic heterocycles. The second kappa shape index (κ2) is 9.23. The van der Waals surface area contributed by atoms with Gasteiger partial charge in [-0.3, -0.25) is 19.9 Å². The molecule has 0 aliphatic rings. The maximum absolute atomic E-state index is 13.9. The summed E-state index contributed by atoms with van der Waals surface area (Å²) < 4.78 is 13.9. The molecule has 6 rings (SSSR count). The summed E-state index contributed by atoms with van der Waals surface area (Å²) in [4.78, 5) is 33.6.